The zero-order valence-corrected chi connectivity index (χ0v) is 12.1. The Morgan fingerprint density at radius 3 is 2.70 bits per heavy atom. The molecule has 108 valence electrons. The van der Waals surface area contributed by atoms with Gasteiger partial charge in [-0.2, -0.15) is 0 Å². The fraction of sp³-hybridized carbons (Fsp3) is 0.286. The Morgan fingerprint density at radius 1 is 1.15 bits per heavy atom. The Labute approximate surface area is 124 Å². The molecule has 6 heteroatoms. The highest BCUT2D eigenvalue weighted by molar-refractivity contribution is 5.85. The Kier molecular flexibility index (Phi) is 7.57. The molecular weight excluding hydrogens is 278 g/mol. The van der Waals surface area contributed by atoms with Crippen LogP contribution >= 0.6 is 12.4 Å². The molecule has 1 aromatic carbocycles. The second-order valence-corrected chi connectivity index (χ2v) is 3.95. The van der Waals surface area contributed by atoms with Gasteiger partial charge >= 0.3 is 6.01 Å². The van der Waals surface area contributed by atoms with Crippen molar-refractivity contribution in [3.8, 4) is 11.8 Å². The van der Waals surface area contributed by atoms with E-state index >= 15 is 0 Å². The molecule has 0 saturated carbocycles. The minimum absolute atomic E-state index is 0. The molecular formula is C14H18ClN3O2. The second kappa shape index (κ2) is 9.25. The predicted octanol–water partition coefficient (Wildman–Crippen LogP) is 2.43. The molecule has 0 bridgehead atoms. The standard InChI is InChI=1S/C14H17N3O2.ClH/c1-18-9-8-15-11-12-4-2-5-13(10-12)19-14-16-6-3-7-17-14;/h2-7,10,15H,8-9,11H2,1H3;1H. The molecule has 1 aromatic heterocycles. The molecule has 0 amide bonds. The predicted molar refractivity (Wildman–Crippen MR) is 79.4 cm³/mol. The number of nitrogens with one attached hydrogen (secondary N) is 1. The van der Waals surface area contributed by atoms with E-state index in [9.17, 15) is 0 Å². The van der Waals surface area contributed by atoms with Crippen molar-refractivity contribution < 1.29 is 9.47 Å². The lowest BCUT2D eigenvalue weighted by atomic mass is 10.2. The summed E-state index contributed by atoms with van der Waals surface area (Å²) in [5, 5.41) is 3.28. The van der Waals surface area contributed by atoms with E-state index in [1.54, 1.807) is 25.6 Å². The van der Waals surface area contributed by atoms with Crippen molar-refractivity contribution in [2.24, 2.45) is 0 Å². The van der Waals surface area contributed by atoms with E-state index in [-0.39, 0.29) is 12.4 Å². The fourth-order valence-electron chi connectivity index (χ4n) is 1.57. The molecule has 0 spiro atoms. The highest BCUT2D eigenvalue weighted by Gasteiger charge is 2.00. The first-order valence-corrected chi connectivity index (χ1v) is 6.12. The van der Waals surface area contributed by atoms with Crippen LogP contribution in [0.5, 0.6) is 11.8 Å². The van der Waals surface area contributed by atoms with Crippen molar-refractivity contribution >= 4 is 12.4 Å². The van der Waals surface area contributed by atoms with Gasteiger partial charge in [0.05, 0.1) is 6.61 Å². The van der Waals surface area contributed by atoms with Gasteiger partial charge in [-0.25, -0.2) is 9.97 Å². The lowest BCUT2D eigenvalue weighted by molar-refractivity contribution is 0.199. The van der Waals surface area contributed by atoms with Crippen molar-refractivity contribution in [2.75, 3.05) is 20.3 Å². The number of hydrogen-bond acceptors (Lipinski definition) is 5. The van der Waals surface area contributed by atoms with Gasteiger partial charge in [0.1, 0.15) is 5.75 Å². The summed E-state index contributed by atoms with van der Waals surface area (Å²) in [5.74, 6) is 0.734. The van der Waals surface area contributed by atoms with E-state index in [0.29, 0.717) is 12.6 Å². The summed E-state index contributed by atoms with van der Waals surface area (Å²) in [6.07, 6.45) is 3.30. The highest BCUT2D eigenvalue weighted by Crippen LogP contribution is 2.18. The van der Waals surface area contributed by atoms with Crippen LogP contribution < -0.4 is 10.1 Å². The molecule has 2 rings (SSSR count). The van der Waals surface area contributed by atoms with Crippen molar-refractivity contribution in [2.45, 2.75) is 6.54 Å². The number of ether oxygens (including phenoxy) is 2. The first-order valence-electron chi connectivity index (χ1n) is 6.12. The average molecular weight is 296 g/mol. The third-order valence-electron chi connectivity index (χ3n) is 2.46. The molecule has 2 aromatic rings. The molecule has 0 unspecified atom stereocenters. The van der Waals surface area contributed by atoms with Gasteiger partial charge in [0.15, 0.2) is 0 Å². The van der Waals surface area contributed by atoms with E-state index in [4.69, 9.17) is 9.47 Å². The van der Waals surface area contributed by atoms with Crippen LogP contribution in [0.25, 0.3) is 0 Å². The smallest absolute Gasteiger partial charge is 0.321 e. The lowest BCUT2D eigenvalue weighted by Gasteiger charge is -2.07. The van der Waals surface area contributed by atoms with Crippen LogP contribution in [0.3, 0.4) is 0 Å². The molecule has 0 aliphatic heterocycles. The summed E-state index contributed by atoms with van der Waals surface area (Å²) < 4.78 is 10.6. The van der Waals surface area contributed by atoms with E-state index in [2.05, 4.69) is 15.3 Å². The van der Waals surface area contributed by atoms with Crippen LogP contribution in [0.2, 0.25) is 0 Å². The van der Waals surface area contributed by atoms with Gasteiger partial charge in [0.2, 0.25) is 0 Å². The van der Waals surface area contributed by atoms with Crippen molar-refractivity contribution in [3.63, 3.8) is 0 Å². The minimum atomic E-state index is 0. The maximum Gasteiger partial charge on any atom is 0.321 e. The van der Waals surface area contributed by atoms with Crippen LogP contribution in [0.4, 0.5) is 0 Å². The lowest BCUT2D eigenvalue weighted by Crippen LogP contribution is -2.18. The number of benzene rings is 1. The quantitative estimate of drug-likeness (QED) is 0.795. The highest BCUT2D eigenvalue weighted by atomic mass is 35.5. The molecule has 1 heterocycles. The summed E-state index contributed by atoms with van der Waals surface area (Å²) >= 11 is 0. The number of nitrogens with zero attached hydrogens (tertiary/aromatic N) is 2. The third-order valence-corrected chi connectivity index (χ3v) is 2.46. The van der Waals surface area contributed by atoms with Crippen molar-refractivity contribution in [3.05, 3.63) is 48.3 Å². The maximum atomic E-state index is 5.57. The van der Waals surface area contributed by atoms with E-state index in [0.717, 1.165) is 24.4 Å². The summed E-state index contributed by atoms with van der Waals surface area (Å²) in [7, 11) is 1.69. The van der Waals surface area contributed by atoms with Gasteiger partial charge in [-0.05, 0) is 23.8 Å². The Hall–Kier alpha value is -1.69. The first kappa shape index (κ1) is 16.4. The van der Waals surface area contributed by atoms with E-state index in [1.165, 1.54) is 0 Å². The molecule has 0 atom stereocenters. The molecule has 0 radical (unpaired) electrons. The van der Waals surface area contributed by atoms with Gasteiger partial charge in [-0.1, -0.05) is 12.1 Å². The van der Waals surface area contributed by atoms with Gasteiger partial charge in [0, 0.05) is 32.6 Å². The zero-order chi connectivity index (χ0) is 13.3. The molecule has 1 N–H and O–H groups in total. The number of aromatic nitrogens is 2. The Morgan fingerprint density at radius 2 is 1.95 bits per heavy atom. The molecule has 0 saturated heterocycles. The average Bonchev–Trinajstić information content (AvgIpc) is 2.45. The van der Waals surface area contributed by atoms with Crippen LogP contribution in [0, 0.1) is 0 Å². The number of hydrogen-bond donors (Lipinski definition) is 1. The summed E-state index contributed by atoms with van der Waals surface area (Å²) in [5.41, 5.74) is 1.14. The normalized spacial score (nSPS) is 9.85. The molecule has 20 heavy (non-hydrogen) atoms. The summed E-state index contributed by atoms with van der Waals surface area (Å²) in [6, 6.07) is 9.95. The Balaban J connectivity index is 0.00000200. The van der Waals surface area contributed by atoms with Gasteiger partial charge in [0.25, 0.3) is 0 Å². The zero-order valence-electron chi connectivity index (χ0n) is 11.3. The maximum absolute atomic E-state index is 5.57. The minimum Gasteiger partial charge on any atom is -0.424 e. The number of halogens is 1. The first-order chi connectivity index (χ1) is 9.38. The van der Waals surface area contributed by atoms with Crippen LogP contribution in [-0.2, 0) is 11.3 Å². The number of methoxy groups -OCH3 is 1. The molecule has 0 fully saturated rings. The van der Waals surface area contributed by atoms with Gasteiger partial charge in [-0.15, -0.1) is 12.4 Å². The third kappa shape index (κ3) is 5.52. The van der Waals surface area contributed by atoms with Crippen molar-refractivity contribution in [1.82, 2.24) is 15.3 Å². The van der Waals surface area contributed by atoms with E-state index < -0.39 is 0 Å². The molecule has 0 aliphatic rings. The SMILES string of the molecule is COCCNCc1cccc(Oc2ncccn2)c1.Cl. The molecule has 0 aliphatic carbocycles. The fourth-order valence-corrected chi connectivity index (χ4v) is 1.57. The summed E-state index contributed by atoms with van der Waals surface area (Å²) in [4.78, 5) is 8.05. The van der Waals surface area contributed by atoms with Crippen LogP contribution in [0.15, 0.2) is 42.7 Å². The van der Waals surface area contributed by atoms with Crippen molar-refractivity contribution in [1.29, 1.82) is 0 Å². The summed E-state index contributed by atoms with van der Waals surface area (Å²) in [6.45, 7) is 2.30. The number of rotatable bonds is 7. The Bertz CT molecular complexity index is 497. The van der Waals surface area contributed by atoms with E-state index in [1.807, 2.05) is 24.3 Å². The monoisotopic (exact) mass is 295 g/mol. The van der Waals surface area contributed by atoms with Crippen LogP contribution in [0.1, 0.15) is 5.56 Å². The topological polar surface area (TPSA) is 56.3 Å². The van der Waals surface area contributed by atoms with Gasteiger partial charge < -0.3 is 14.8 Å². The molecule has 5 nitrogen and oxygen atoms in total. The van der Waals surface area contributed by atoms with Crippen LogP contribution in [-0.4, -0.2) is 30.2 Å². The second-order valence-electron chi connectivity index (χ2n) is 3.95. The largest absolute Gasteiger partial charge is 0.424 e. The van der Waals surface area contributed by atoms with Gasteiger partial charge in [-0.3, -0.25) is 0 Å².